The number of halogens is 2. The molecule has 3 rings (SSSR count). The number of hydrogen-bond acceptors (Lipinski definition) is 7. The molecule has 1 fully saturated rings. The summed E-state index contributed by atoms with van der Waals surface area (Å²) in [6.07, 6.45) is 2.64. The summed E-state index contributed by atoms with van der Waals surface area (Å²) >= 11 is 0. The number of rotatable bonds is 5. The first-order valence-electron chi connectivity index (χ1n) is 6.67. The molecule has 0 atom stereocenters. The van der Waals surface area contributed by atoms with E-state index < -0.39 is 22.0 Å². The van der Waals surface area contributed by atoms with Crippen molar-refractivity contribution in [3.05, 3.63) is 45.8 Å². The van der Waals surface area contributed by atoms with Crippen LogP contribution in [-0.2, 0) is 12.1 Å². The van der Waals surface area contributed by atoms with Crippen molar-refractivity contribution in [2.75, 3.05) is 0 Å². The standard InChI is InChI=1S/C13H13FN4O4.ClH/c14-9-6-8(2-3-10(9)18(19)20)21-7-11-16-12(17-22-11)13(15)4-1-5-13;/h2-3,6H,1,4-5,7,15H2;1H. The summed E-state index contributed by atoms with van der Waals surface area (Å²) in [5, 5.41) is 14.3. The van der Waals surface area contributed by atoms with Crippen LogP contribution in [0, 0.1) is 15.9 Å². The maximum absolute atomic E-state index is 13.5. The van der Waals surface area contributed by atoms with Crippen LogP contribution in [0.3, 0.4) is 0 Å². The van der Waals surface area contributed by atoms with Crippen LogP contribution >= 0.6 is 12.4 Å². The highest BCUT2D eigenvalue weighted by atomic mass is 35.5. The van der Waals surface area contributed by atoms with Gasteiger partial charge in [0, 0.05) is 12.1 Å². The van der Waals surface area contributed by atoms with E-state index in [1.165, 1.54) is 6.07 Å². The lowest BCUT2D eigenvalue weighted by Crippen LogP contribution is -2.44. The lowest BCUT2D eigenvalue weighted by molar-refractivity contribution is -0.387. The van der Waals surface area contributed by atoms with Crippen molar-refractivity contribution >= 4 is 18.1 Å². The number of nitro benzene ring substituents is 1. The zero-order chi connectivity index (χ0) is 15.7. The summed E-state index contributed by atoms with van der Waals surface area (Å²) < 4.78 is 23.8. The van der Waals surface area contributed by atoms with Crippen molar-refractivity contribution in [1.29, 1.82) is 0 Å². The number of nitrogens with two attached hydrogens (primary N) is 1. The van der Waals surface area contributed by atoms with Crippen LogP contribution in [0.2, 0.25) is 0 Å². The SMILES string of the molecule is Cl.NC1(c2noc(COc3ccc([N+](=O)[O-])c(F)c3)n2)CCC1. The topological polar surface area (TPSA) is 117 Å². The van der Waals surface area contributed by atoms with Gasteiger partial charge in [0.2, 0.25) is 5.82 Å². The van der Waals surface area contributed by atoms with Gasteiger partial charge >= 0.3 is 5.69 Å². The number of hydrogen-bond donors (Lipinski definition) is 1. The number of nitrogens with zero attached hydrogens (tertiary/aromatic N) is 3. The van der Waals surface area contributed by atoms with Crippen molar-refractivity contribution < 1.29 is 18.6 Å². The lowest BCUT2D eigenvalue weighted by atomic mass is 9.77. The Morgan fingerprint density at radius 3 is 2.78 bits per heavy atom. The third-order valence-corrected chi connectivity index (χ3v) is 3.64. The van der Waals surface area contributed by atoms with E-state index in [2.05, 4.69) is 10.1 Å². The van der Waals surface area contributed by atoms with Gasteiger partial charge in [-0.25, -0.2) is 0 Å². The van der Waals surface area contributed by atoms with Gasteiger partial charge in [0.25, 0.3) is 5.89 Å². The summed E-state index contributed by atoms with van der Waals surface area (Å²) in [7, 11) is 0. The van der Waals surface area contributed by atoms with Crippen molar-refractivity contribution in [3.63, 3.8) is 0 Å². The fourth-order valence-corrected chi connectivity index (χ4v) is 2.17. The van der Waals surface area contributed by atoms with Crippen LogP contribution in [-0.4, -0.2) is 15.1 Å². The van der Waals surface area contributed by atoms with Crippen LogP contribution in [0.4, 0.5) is 10.1 Å². The van der Waals surface area contributed by atoms with Gasteiger partial charge in [-0.3, -0.25) is 10.1 Å². The molecule has 124 valence electrons. The monoisotopic (exact) mass is 344 g/mol. The molecule has 0 aliphatic heterocycles. The maximum Gasteiger partial charge on any atom is 0.305 e. The van der Waals surface area contributed by atoms with Crippen LogP contribution in [0.15, 0.2) is 22.7 Å². The van der Waals surface area contributed by atoms with Crippen LogP contribution in [0.25, 0.3) is 0 Å². The molecule has 23 heavy (non-hydrogen) atoms. The summed E-state index contributed by atoms with van der Waals surface area (Å²) in [6.45, 7) is -0.0691. The molecular formula is C13H14ClFN4O4. The van der Waals surface area contributed by atoms with Gasteiger partial charge in [-0.05, 0) is 25.3 Å². The lowest BCUT2D eigenvalue weighted by Gasteiger charge is -2.34. The zero-order valence-corrected chi connectivity index (χ0v) is 12.7. The molecule has 10 heteroatoms. The van der Waals surface area contributed by atoms with E-state index in [-0.39, 0.29) is 30.7 Å². The smallest absolute Gasteiger partial charge is 0.305 e. The van der Waals surface area contributed by atoms with Crippen molar-refractivity contribution in [2.24, 2.45) is 5.73 Å². The predicted molar refractivity (Wildman–Crippen MR) is 78.6 cm³/mol. The van der Waals surface area contributed by atoms with E-state index in [0.717, 1.165) is 31.4 Å². The summed E-state index contributed by atoms with van der Waals surface area (Å²) in [5.41, 5.74) is 4.93. The molecule has 0 radical (unpaired) electrons. The van der Waals surface area contributed by atoms with Gasteiger partial charge in [0.05, 0.1) is 10.5 Å². The van der Waals surface area contributed by atoms with Gasteiger partial charge in [-0.15, -0.1) is 12.4 Å². The highest BCUT2D eigenvalue weighted by molar-refractivity contribution is 5.85. The van der Waals surface area contributed by atoms with Gasteiger partial charge in [-0.2, -0.15) is 9.37 Å². The Kier molecular flexibility index (Phi) is 4.81. The molecule has 2 aromatic rings. The maximum atomic E-state index is 13.5. The largest absolute Gasteiger partial charge is 0.484 e. The van der Waals surface area contributed by atoms with Crippen molar-refractivity contribution in [2.45, 2.75) is 31.4 Å². The quantitative estimate of drug-likeness (QED) is 0.653. The Balaban J connectivity index is 0.00000192. The van der Waals surface area contributed by atoms with Gasteiger partial charge in [-0.1, -0.05) is 5.16 Å². The highest BCUT2D eigenvalue weighted by Crippen LogP contribution is 2.36. The Morgan fingerprint density at radius 2 is 2.22 bits per heavy atom. The summed E-state index contributed by atoms with van der Waals surface area (Å²) in [4.78, 5) is 13.9. The number of benzene rings is 1. The highest BCUT2D eigenvalue weighted by Gasteiger charge is 2.39. The van der Waals surface area contributed by atoms with E-state index in [4.69, 9.17) is 15.0 Å². The Labute approximate surface area is 136 Å². The second kappa shape index (κ2) is 6.47. The Morgan fingerprint density at radius 1 is 1.48 bits per heavy atom. The molecule has 0 unspecified atom stereocenters. The molecule has 0 amide bonds. The molecule has 1 heterocycles. The van der Waals surface area contributed by atoms with Crippen LogP contribution < -0.4 is 10.5 Å². The molecule has 1 saturated carbocycles. The Hall–Kier alpha value is -2.26. The molecule has 2 N–H and O–H groups in total. The zero-order valence-electron chi connectivity index (χ0n) is 11.9. The molecule has 0 bridgehead atoms. The van der Waals surface area contributed by atoms with Gasteiger partial charge in [0.15, 0.2) is 12.4 Å². The van der Waals surface area contributed by atoms with Crippen molar-refractivity contribution in [3.8, 4) is 5.75 Å². The fraction of sp³-hybridized carbons (Fsp3) is 0.385. The van der Waals surface area contributed by atoms with E-state index >= 15 is 0 Å². The molecule has 1 aromatic carbocycles. The minimum absolute atomic E-state index is 0. The number of ether oxygens (including phenoxy) is 1. The third-order valence-electron chi connectivity index (χ3n) is 3.64. The fourth-order valence-electron chi connectivity index (χ4n) is 2.17. The predicted octanol–water partition coefficient (Wildman–Crippen LogP) is 2.46. The molecule has 1 aromatic heterocycles. The van der Waals surface area contributed by atoms with Crippen LogP contribution in [0.5, 0.6) is 5.75 Å². The van der Waals surface area contributed by atoms with Crippen molar-refractivity contribution in [1.82, 2.24) is 10.1 Å². The molecule has 1 aliphatic carbocycles. The second-order valence-corrected chi connectivity index (χ2v) is 5.18. The molecule has 8 nitrogen and oxygen atoms in total. The Bertz CT molecular complexity index is 720. The summed E-state index contributed by atoms with van der Waals surface area (Å²) in [6, 6.07) is 3.27. The van der Waals surface area contributed by atoms with E-state index in [9.17, 15) is 14.5 Å². The first-order valence-corrected chi connectivity index (χ1v) is 6.67. The van der Waals surface area contributed by atoms with E-state index in [1.807, 2.05) is 0 Å². The van der Waals surface area contributed by atoms with Gasteiger partial charge < -0.3 is 15.0 Å². The number of nitro groups is 1. The van der Waals surface area contributed by atoms with Gasteiger partial charge in [0.1, 0.15) is 5.75 Å². The molecule has 0 spiro atoms. The third kappa shape index (κ3) is 3.40. The van der Waals surface area contributed by atoms with E-state index in [0.29, 0.717) is 5.82 Å². The molecular weight excluding hydrogens is 331 g/mol. The average Bonchev–Trinajstić information content (AvgIpc) is 2.91. The first-order chi connectivity index (χ1) is 10.5. The minimum Gasteiger partial charge on any atom is -0.484 e. The average molecular weight is 345 g/mol. The molecule has 0 saturated heterocycles. The minimum atomic E-state index is -0.968. The summed E-state index contributed by atoms with van der Waals surface area (Å²) in [5.74, 6) is -0.184. The second-order valence-electron chi connectivity index (χ2n) is 5.18. The molecule has 1 aliphatic rings. The van der Waals surface area contributed by atoms with Crippen LogP contribution in [0.1, 0.15) is 31.0 Å². The first kappa shape index (κ1) is 17.1. The van der Waals surface area contributed by atoms with E-state index in [1.54, 1.807) is 0 Å². The normalized spacial score (nSPS) is 15.4. The number of aromatic nitrogens is 2.